The molecule has 0 aliphatic carbocycles. The van der Waals surface area contributed by atoms with Gasteiger partial charge in [-0.3, -0.25) is 4.79 Å². The molecule has 0 saturated carbocycles. The zero-order valence-corrected chi connectivity index (χ0v) is 11.4. The minimum absolute atomic E-state index is 0.159. The van der Waals surface area contributed by atoms with Crippen LogP contribution >= 0.6 is 0 Å². The first-order valence-corrected chi connectivity index (χ1v) is 6.60. The van der Waals surface area contributed by atoms with Gasteiger partial charge in [-0.15, -0.1) is 5.10 Å². The number of anilines is 1. The Hall–Kier alpha value is -2.28. The fraction of sp³-hybridized carbons (Fsp3) is 0.385. The van der Waals surface area contributed by atoms with Crippen LogP contribution in [0, 0.1) is 0 Å². The van der Waals surface area contributed by atoms with Gasteiger partial charge in [-0.2, -0.15) is 0 Å². The number of rotatable bonds is 6. The molecule has 1 amide bonds. The Bertz CT molecular complexity index is 536. The summed E-state index contributed by atoms with van der Waals surface area (Å²) in [6, 6.07) is 6.77. The van der Waals surface area contributed by atoms with Crippen molar-refractivity contribution in [3.05, 3.63) is 30.6 Å². The first-order valence-electron chi connectivity index (χ1n) is 6.60. The van der Waals surface area contributed by atoms with Crippen molar-refractivity contribution in [2.75, 3.05) is 5.32 Å². The molecule has 0 unspecified atom stereocenters. The average Bonchev–Trinajstić information content (AvgIpc) is 2.99. The van der Waals surface area contributed by atoms with E-state index in [2.05, 4.69) is 27.8 Å². The maximum Gasteiger partial charge on any atom is 0.241 e. The van der Waals surface area contributed by atoms with Crippen molar-refractivity contribution in [2.45, 2.75) is 32.2 Å². The van der Waals surface area contributed by atoms with Gasteiger partial charge in [0.05, 0.1) is 11.7 Å². The summed E-state index contributed by atoms with van der Waals surface area (Å²) < 4.78 is 1.54. The van der Waals surface area contributed by atoms with Gasteiger partial charge < -0.3 is 11.1 Å². The highest BCUT2D eigenvalue weighted by molar-refractivity contribution is 5.94. The van der Waals surface area contributed by atoms with E-state index in [4.69, 9.17) is 5.73 Å². The Kier molecular flexibility index (Phi) is 4.78. The molecule has 1 heterocycles. The molecule has 106 valence electrons. The molecule has 2 rings (SSSR count). The molecule has 1 aromatic heterocycles. The molecule has 2 aromatic rings. The van der Waals surface area contributed by atoms with Gasteiger partial charge in [0.15, 0.2) is 0 Å². The maximum atomic E-state index is 11.9. The maximum absolute atomic E-state index is 11.9. The van der Waals surface area contributed by atoms with E-state index in [-0.39, 0.29) is 5.91 Å². The van der Waals surface area contributed by atoms with E-state index < -0.39 is 6.04 Å². The summed E-state index contributed by atoms with van der Waals surface area (Å²) in [7, 11) is 0. The summed E-state index contributed by atoms with van der Waals surface area (Å²) in [5.74, 6) is -0.159. The van der Waals surface area contributed by atoms with E-state index in [0.717, 1.165) is 18.5 Å². The van der Waals surface area contributed by atoms with Gasteiger partial charge >= 0.3 is 0 Å². The molecular formula is C13H18N6O. The monoisotopic (exact) mass is 274 g/mol. The Balaban J connectivity index is 1.95. The van der Waals surface area contributed by atoms with Crippen LogP contribution in [0.2, 0.25) is 0 Å². The van der Waals surface area contributed by atoms with Crippen LogP contribution in [0.25, 0.3) is 5.69 Å². The summed E-state index contributed by atoms with van der Waals surface area (Å²) in [5.41, 5.74) is 7.35. The summed E-state index contributed by atoms with van der Waals surface area (Å²) >= 11 is 0. The van der Waals surface area contributed by atoms with Gasteiger partial charge in [0.25, 0.3) is 0 Å². The standard InChI is InChI=1S/C13H18N6O/c1-2-3-4-12(14)13(20)16-10-5-7-11(8-6-10)19-9-15-17-18-19/h5-9,12H,2-4,14H2,1H3,(H,16,20)/t12-/m0/s1. The molecule has 7 nitrogen and oxygen atoms in total. The van der Waals surface area contributed by atoms with Crippen LogP contribution in [0.1, 0.15) is 26.2 Å². The third-order valence-corrected chi connectivity index (χ3v) is 2.95. The first kappa shape index (κ1) is 14.1. The Morgan fingerprint density at radius 2 is 2.15 bits per heavy atom. The molecule has 0 spiro atoms. The second kappa shape index (κ2) is 6.76. The van der Waals surface area contributed by atoms with Gasteiger partial charge in [-0.05, 0) is 41.1 Å². The lowest BCUT2D eigenvalue weighted by Gasteiger charge is -2.12. The van der Waals surface area contributed by atoms with E-state index in [1.165, 1.54) is 6.33 Å². The lowest BCUT2D eigenvalue weighted by atomic mass is 10.1. The highest BCUT2D eigenvalue weighted by atomic mass is 16.2. The van der Waals surface area contributed by atoms with Crippen molar-refractivity contribution in [3.63, 3.8) is 0 Å². The zero-order chi connectivity index (χ0) is 14.4. The number of nitrogens with two attached hydrogens (primary N) is 1. The number of amides is 1. The van der Waals surface area contributed by atoms with E-state index in [1.807, 2.05) is 12.1 Å². The fourth-order valence-electron chi connectivity index (χ4n) is 1.77. The van der Waals surface area contributed by atoms with Gasteiger partial charge in [-0.25, -0.2) is 4.68 Å². The number of tetrazole rings is 1. The SMILES string of the molecule is CCCC[C@H](N)C(=O)Nc1ccc(-n2cnnn2)cc1. The number of hydrogen-bond acceptors (Lipinski definition) is 5. The number of nitrogens with one attached hydrogen (secondary N) is 1. The predicted molar refractivity (Wildman–Crippen MR) is 75.3 cm³/mol. The van der Waals surface area contributed by atoms with Gasteiger partial charge in [0, 0.05) is 5.69 Å². The van der Waals surface area contributed by atoms with Crippen LogP contribution in [-0.2, 0) is 4.79 Å². The molecule has 1 atom stereocenters. The van der Waals surface area contributed by atoms with E-state index in [0.29, 0.717) is 12.1 Å². The van der Waals surface area contributed by atoms with E-state index in [9.17, 15) is 4.79 Å². The predicted octanol–water partition coefficient (Wildman–Crippen LogP) is 1.12. The summed E-state index contributed by atoms with van der Waals surface area (Å²) in [5, 5.41) is 13.7. The Morgan fingerprint density at radius 1 is 1.40 bits per heavy atom. The molecule has 7 heteroatoms. The van der Waals surface area contributed by atoms with Crippen LogP contribution < -0.4 is 11.1 Å². The molecular weight excluding hydrogens is 256 g/mol. The van der Waals surface area contributed by atoms with Gasteiger partial charge in [0.2, 0.25) is 5.91 Å². The molecule has 0 radical (unpaired) electrons. The summed E-state index contributed by atoms with van der Waals surface area (Å²) in [6.45, 7) is 2.07. The number of carbonyl (C=O) groups excluding carboxylic acids is 1. The van der Waals surface area contributed by atoms with Crippen molar-refractivity contribution < 1.29 is 4.79 Å². The summed E-state index contributed by atoms with van der Waals surface area (Å²) in [6.07, 6.45) is 4.19. The van der Waals surface area contributed by atoms with Crippen molar-refractivity contribution in [3.8, 4) is 5.69 Å². The molecule has 3 N–H and O–H groups in total. The number of carbonyl (C=O) groups is 1. The third-order valence-electron chi connectivity index (χ3n) is 2.95. The van der Waals surface area contributed by atoms with Crippen LogP contribution in [0.3, 0.4) is 0 Å². The lowest BCUT2D eigenvalue weighted by Crippen LogP contribution is -2.35. The molecule has 0 fully saturated rings. The van der Waals surface area contributed by atoms with E-state index >= 15 is 0 Å². The topological polar surface area (TPSA) is 98.7 Å². The number of aromatic nitrogens is 4. The second-order valence-electron chi connectivity index (χ2n) is 4.54. The van der Waals surface area contributed by atoms with Crippen molar-refractivity contribution in [2.24, 2.45) is 5.73 Å². The van der Waals surface area contributed by atoms with Crippen LogP contribution in [-0.4, -0.2) is 32.2 Å². The smallest absolute Gasteiger partial charge is 0.241 e. The lowest BCUT2D eigenvalue weighted by molar-refractivity contribution is -0.117. The highest BCUT2D eigenvalue weighted by Crippen LogP contribution is 2.12. The normalized spacial score (nSPS) is 12.1. The van der Waals surface area contributed by atoms with Crippen molar-refractivity contribution in [1.29, 1.82) is 0 Å². The molecule has 0 bridgehead atoms. The number of nitrogens with zero attached hydrogens (tertiary/aromatic N) is 4. The molecule has 0 aliphatic rings. The van der Waals surface area contributed by atoms with Crippen molar-refractivity contribution >= 4 is 11.6 Å². The molecule has 0 saturated heterocycles. The average molecular weight is 274 g/mol. The van der Waals surface area contributed by atoms with E-state index in [1.54, 1.807) is 16.8 Å². The highest BCUT2D eigenvalue weighted by Gasteiger charge is 2.12. The number of unbranched alkanes of at least 4 members (excludes halogenated alkanes) is 1. The second-order valence-corrected chi connectivity index (χ2v) is 4.54. The minimum atomic E-state index is -0.464. The fourth-order valence-corrected chi connectivity index (χ4v) is 1.77. The molecule has 1 aromatic carbocycles. The number of hydrogen-bond donors (Lipinski definition) is 2. The summed E-state index contributed by atoms with van der Waals surface area (Å²) in [4.78, 5) is 11.9. The van der Waals surface area contributed by atoms with Crippen LogP contribution in [0.5, 0.6) is 0 Å². The number of benzene rings is 1. The van der Waals surface area contributed by atoms with Crippen LogP contribution in [0.4, 0.5) is 5.69 Å². The molecule has 0 aliphatic heterocycles. The third kappa shape index (κ3) is 3.61. The first-order chi connectivity index (χ1) is 9.70. The van der Waals surface area contributed by atoms with Crippen LogP contribution in [0.15, 0.2) is 30.6 Å². The largest absolute Gasteiger partial charge is 0.325 e. The van der Waals surface area contributed by atoms with Crippen molar-refractivity contribution in [1.82, 2.24) is 20.2 Å². The Morgan fingerprint density at radius 3 is 2.75 bits per heavy atom. The Labute approximate surface area is 117 Å². The minimum Gasteiger partial charge on any atom is -0.325 e. The van der Waals surface area contributed by atoms with Gasteiger partial charge in [0.1, 0.15) is 6.33 Å². The zero-order valence-electron chi connectivity index (χ0n) is 11.4. The molecule has 20 heavy (non-hydrogen) atoms. The van der Waals surface area contributed by atoms with Gasteiger partial charge in [-0.1, -0.05) is 19.8 Å². The quantitative estimate of drug-likeness (QED) is 0.822.